The third kappa shape index (κ3) is 7.08. The second-order valence-electron chi connectivity index (χ2n) is 12.7. The van der Waals surface area contributed by atoms with Crippen LogP contribution in [0.1, 0.15) is 50.7 Å². The van der Waals surface area contributed by atoms with Crippen molar-refractivity contribution in [2.45, 2.75) is 37.3 Å². The Morgan fingerprint density at radius 3 is 2.33 bits per heavy atom. The molecule has 0 radical (unpaired) electrons. The van der Waals surface area contributed by atoms with E-state index in [0.717, 1.165) is 11.0 Å². The molecule has 3 aromatic rings. The molecule has 3 heterocycles. The summed E-state index contributed by atoms with van der Waals surface area (Å²) < 4.78 is 34.2. The van der Waals surface area contributed by atoms with Gasteiger partial charge in [-0.05, 0) is 49.1 Å². The normalized spacial score (nSPS) is 17.9. The number of urea groups is 2. The van der Waals surface area contributed by atoms with E-state index < -0.39 is 94.0 Å². The van der Waals surface area contributed by atoms with Gasteiger partial charge in [-0.1, -0.05) is 35.3 Å². The highest BCUT2D eigenvalue weighted by Gasteiger charge is 2.43. The van der Waals surface area contributed by atoms with Gasteiger partial charge in [-0.15, -0.1) is 0 Å². The minimum atomic E-state index is -1.97. The number of carbonyl (C=O) groups excluding carboxylic acids is 4. The molecule has 3 aromatic carbocycles. The van der Waals surface area contributed by atoms with Gasteiger partial charge in [0.25, 0.3) is 5.91 Å². The number of hydrogen-bond acceptors (Lipinski definition) is 10. The highest BCUT2D eigenvalue weighted by molar-refractivity contribution is 6.47. The molecule has 2 saturated heterocycles. The number of halogens is 4. The fourth-order valence-corrected chi connectivity index (χ4v) is 7.12. The van der Waals surface area contributed by atoms with Crippen molar-refractivity contribution in [1.29, 1.82) is 0 Å². The van der Waals surface area contributed by atoms with E-state index in [1.54, 1.807) is 0 Å². The molecule has 0 aromatic heterocycles. The number of imide groups is 1. The summed E-state index contributed by atoms with van der Waals surface area (Å²) in [5.74, 6) is -10.2. The minimum Gasteiger partial charge on any atom is -0.534 e. The van der Waals surface area contributed by atoms with Crippen LogP contribution < -0.4 is 15.3 Å². The number of piperidine rings is 1. The lowest BCUT2D eigenvalue weighted by Gasteiger charge is -2.36. The Labute approximate surface area is 314 Å². The van der Waals surface area contributed by atoms with Gasteiger partial charge in [0.1, 0.15) is 28.9 Å². The molecule has 0 aliphatic carbocycles. The summed E-state index contributed by atoms with van der Waals surface area (Å²) in [5.41, 5.74) is -1.18. The van der Waals surface area contributed by atoms with Crippen molar-refractivity contribution < 1.29 is 62.9 Å². The second-order valence-corrected chi connectivity index (χ2v) is 13.4. The number of aromatic carboxylic acids is 1. The van der Waals surface area contributed by atoms with E-state index in [4.69, 9.17) is 27.9 Å². The van der Waals surface area contributed by atoms with Crippen LogP contribution in [0.2, 0.25) is 10.0 Å². The van der Waals surface area contributed by atoms with E-state index in [9.17, 15) is 58.2 Å². The number of aromatic hydroxyl groups is 3. The van der Waals surface area contributed by atoms with Crippen molar-refractivity contribution in [3.63, 3.8) is 0 Å². The van der Waals surface area contributed by atoms with Crippen LogP contribution >= 0.6 is 23.2 Å². The van der Waals surface area contributed by atoms with E-state index in [2.05, 4.69) is 10.6 Å². The van der Waals surface area contributed by atoms with Crippen molar-refractivity contribution in [2.24, 2.45) is 0 Å². The van der Waals surface area contributed by atoms with Gasteiger partial charge in [0, 0.05) is 37.8 Å². The van der Waals surface area contributed by atoms with Gasteiger partial charge in [0.05, 0.1) is 21.5 Å². The number of nitrogens with zero attached hydrogens (tertiary/aromatic N) is 3. The summed E-state index contributed by atoms with van der Waals surface area (Å²) in [6.45, 7) is 0.402. The summed E-state index contributed by atoms with van der Waals surface area (Å²) in [4.78, 5) is 69.4. The van der Waals surface area contributed by atoms with Gasteiger partial charge in [0.2, 0.25) is 5.91 Å². The van der Waals surface area contributed by atoms with Crippen LogP contribution in [0.3, 0.4) is 0 Å². The molecular weight excluding hydrogens is 762 g/mol. The Hall–Kier alpha value is -5.53. The van der Waals surface area contributed by atoms with Crippen molar-refractivity contribution in [1.82, 2.24) is 25.3 Å². The van der Waals surface area contributed by atoms with Gasteiger partial charge < -0.3 is 50.5 Å². The largest absolute Gasteiger partial charge is 0.547 e. The van der Waals surface area contributed by atoms with Gasteiger partial charge in [-0.3, -0.25) is 9.59 Å². The number of carboxylic acid groups (broad SMARTS) is 1. The maximum atomic E-state index is 14.7. The molecule has 6 amide bonds. The highest BCUT2D eigenvalue weighted by Crippen LogP contribution is 2.41. The average Bonchev–Trinajstić information content (AvgIpc) is 3.53. The Morgan fingerprint density at radius 1 is 0.944 bits per heavy atom. The van der Waals surface area contributed by atoms with Crippen LogP contribution in [0.5, 0.6) is 23.0 Å². The van der Waals surface area contributed by atoms with Crippen molar-refractivity contribution in [3.8, 4) is 23.0 Å². The summed E-state index contributed by atoms with van der Waals surface area (Å²) in [7, 11) is -1.94. The molecule has 284 valence electrons. The molecule has 3 aliphatic heterocycles. The lowest BCUT2D eigenvalue weighted by Crippen LogP contribution is -2.56. The predicted molar refractivity (Wildman–Crippen MR) is 184 cm³/mol. The summed E-state index contributed by atoms with van der Waals surface area (Å²) in [6, 6.07) is 2.70. The molecule has 0 saturated carbocycles. The lowest BCUT2D eigenvalue weighted by molar-refractivity contribution is -0.123. The standard InChI is InChI=1S/C33H30BCl2F2N5O11/c35-23-16(2-1-3-20(23)44)30(48)41-8-6-15(7-9-41)42-10-11-43(33(42)52)32(51)40-25(17-13-19(38)26(45)27(46)24(17)36)29(47)39-21-12-14-4-5-18(37)22(31(49)50)28(14)54-34(21)53/h1-5,13,15,21,25,44-46,53H,6-12H2,(H,39,47)(H,40,51)(H,49,50). The number of amides is 6. The van der Waals surface area contributed by atoms with Gasteiger partial charge in [-0.2, -0.15) is 0 Å². The van der Waals surface area contributed by atoms with Crippen LogP contribution in [0, 0.1) is 11.6 Å². The molecule has 6 rings (SSSR count). The Kier molecular flexibility index (Phi) is 10.7. The predicted octanol–water partition coefficient (Wildman–Crippen LogP) is 3.02. The summed E-state index contributed by atoms with van der Waals surface area (Å²) >= 11 is 12.3. The molecule has 21 heteroatoms. The first kappa shape index (κ1) is 38.2. The van der Waals surface area contributed by atoms with E-state index in [1.165, 1.54) is 34.1 Å². The highest BCUT2D eigenvalue weighted by atomic mass is 35.5. The van der Waals surface area contributed by atoms with Crippen molar-refractivity contribution in [2.75, 3.05) is 26.2 Å². The smallest absolute Gasteiger partial charge is 0.534 e. The van der Waals surface area contributed by atoms with Crippen molar-refractivity contribution in [3.05, 3.63) is 80.3 Å². The molecule has 16 nitrogen and oxygen atoms in total. The number of carbonyl (C=O) groups is 5. The summed E-state index contributed by atoms with van der Waals surface area (Å²) in [5, 5.41) is 54.0. The SMILES string of the molecule is O=C(O)c1c(F)ccc2c1OB(O)C(NC(=O)C(NC(=O)N1CCN(C3CCN(C(=O)c4cccc(O)c4Cl)CC3)C1=O)c1cc(F)c(O)c(O)c1Cl)C2. The zero-order chi connectivity index (χ0) is 39.2. The van der Waals surface area contributed by atoms with Gasteiger partial charge >= 0.3 is 25.1 Å². The van der Waals surface area contributed by atoms with Gasteiger partial charge in [-0.25, -0.2) is 28.1 Å². The first-order chi connectivity index (χ1) is 25.6. The van der Waals surface area contributed by atoms with Crippen LogP contribution in [0.15, 0.2) is 36.4 Å². The quantitative estimate of drug-likeness (QED) is 0.136. The molecule has 7 N–H and O–H groups in total. The lowest BCUT2D eigenvalue weighted by atomic mass is 9.72. The number of rotatable bonds is 7. The Bertz CT molecular complexity index is 2070. The van der Waals surface area contributed by atoms with E-state index in [0.29, 0.717) is 18.9 Å². The molecule has 0 bridgehead atoms. The molecular formula is C33H30BCl2F2N5O11. The molecule has 3 aliphatic rings. The number of nitrogens with one attached hydrogen (secondary N) is 2. The first-order valence-corrected chi connectivity index (χ1v) is 17.1. The fourth-order valence-electron chi connectivity index (χ4n) is 6.66. The van der Waals surface area contributed by atoms with Crippen LogP contribution in [-0.4, -0.2) is 115 Å². The topological polar surface area (TPSA) is 230 Å². The molecule has 2 unspecified atom stereocenters. The second kappa shape index (κ2) is 15.1. The number of benzene rings is 3. The van der Waals surface area contributed by atoms with E-state index in [-0.39, 0.29) is 60.5 Å². The number of fused-ring (bicyclic) bond motifs is 1. The molecule has 2 atom stereocenters. The molecule has 2 fully saturated rings. The number of hydrogen-bond donors (Lipinski definition) is 7. The third-order valence-corrected chi connectivity index (χ3v) is 10.3. The van der Waals surface area contributed by atoms with Crippen LogP contribution in [0.25, 0.3) is 0 Å². The zero-order valence-electron chi connectivity index (χ0n) is 27.8. The van der Waals surface area contributed by atoms with Crippen LogP contribution in [0.4, 0.5) is 18.4 Å². The average molecular weight is 792 g/mol. The molecule has 54 heavy (non-hydrogen) atoms. The Balaban J connectivity index is 1.17. The third-order valence-electron chi connectivity index (χ3n) is 9.48. The minimum absolute atomic E-state index is 0.0828. The summed E-state index contributed by atoms with van der Waals surface area (Å²) in [6.07, 6.45) is 0.383. The van der Waals surface area contributed by atoms with Crippen molar-refractivity contribution >= 4 is 60.2 Å². The maximum absolute atomic E-state index is 14.7. The first-order valence-electron chi connectivity index (χ1n) is 16.3. The monoisotopic (exact) mass is 791 g/mol. The maximum Gasteiger partial charge on any atom is 0.547 e. The van der Waals surface area contributed by atoms with E-state index >= 15 is 0 Å². The number of phenols is 3. The fraction of sp³-hybridized carbons (Fsp3) is 0.303. The van der Waals surface area contributed by atoms with Gasteiger partial charge in [0.15, 0.2) is 17.3 Å². The van der Waals surface area contributed by atoms with Crippen LogP contribution in [-0.2, 0) is 11.2 Å². The number of carboxylic acids is 1. The number of phenolic OH excluding ortho intramolecular Hbond substituents is 3. The Morgan fingerprint density at radius 2 is 1.65 bits per heavy atom. The van der Waals surface area contributed by atoms with E-state index in [1.807, 2.05) is 0 Å². The zero-order valence-corrected chi connectivity index (χ0v) is 29.3. The number of likely N-dealkylation sites (tertiary alicyclic amines) is 1. The molecule has 0 spiro atoms.